The Bertz CT molecular complexity index is 470. The van der Waals surface area contributed by atoms with Crippen molar-refractivity contribution in [2.24, 2.45) is 10.7 Å². The van der Waals surface area contributed by atoms with Gasteiger partial charge in [0.2, 0.25) is 0 Å². The van der Waals surface area contributed by atoms with E-state index in [0.29, 0.717) is 18.5 Å². The molecule has 110 valence electrons. The smallest absolute Gasteiger partial charge is 0.188 e. The molecular weight excluding hydrogens is 254 g/mol. The van der Waals surface area contributed by atoms with Crippen molar-refractivity contribution in [2.75, 3.05) is 20.8 Å². The van der Waals surface area contributed by atoms with Gasteiger partial charge in [-0.2, -0.15) is 0 Å². The summed E-state index contributed by atoms with van der Waals surface area (Å²) < 4.78 is 10.6. The van der Waals surface area contributed by atoms with Crippen LogP contribution >= 0.6 is 0 Å². The SMILES string of the molecule is COc1ccc(OC)c(CCCN=C(N)NC2CC2)c1. The summed E-state index contributed by atoms with van der Waals surface area (Å²) in [6, 6.07) is 6.39. The van der Waals surface area contributed by atoms with Gasteiger partial charge in [-0.3, -0.25) is 4.99 Å². The molecule has 1 saturated carbocycles. The van der Waals surface area contributed by atoms with E-state index in [-0.39, 0.29) is 0 Å². The van der Waals surface area contributed by atoms with Crippen LogP contribution in [-0.2, 0) is 6.42 Å². The van der Waals surface area contributed by atoms with Crippen LogP contribution in [0.25, 0.3) is 0 Å². The molecule has 0 unspecified atom stereocenters. The monoisotopic (exact) mass is 277 g/mol. The van der Waals surface area contributed by atoms with Gasteiger partial charge in [0.1, 0.15) is 11.5 Å². The molecule has 1 fully saturated rings. The maximum absolute atomic E-state index is 5.79. The zero-order valence-corrected chi connectivity index (χ0v) is 12.2. The van der Waals surface area contributed by atoms with Crippen LogP contribution in [-0.4, -0.2) is 32.8 Å². The molecule has 0 atom stereocenters. The minimum atomic E-state index is 0.553. The van der Waals surface area contributed by atoms with Crippen LogP contribution in [0.5, 0.6) is 11.5 Å². The van der Waals surface area contributed by atoms with Crippen molar-refractivity contribution >= 4 is 5.96 Å². The first kappa shape index (κ1) is 14.5. The third kappa shape index (κ3) is 4.33. The number of nitrogens with zero attached hydrogens (tertiary/aromatic N) is 1. The number of nitrogens with one attached hydrogen (secondary N) is 1. The molecule has 0 bridgehead atoms. The first-order valence-corrected chi connectivity index (χ1v) is 7.00. The highest BCUT2D eigenvalue weighted by atomic mass is 16.5. The van der Waals surface area contributed by atoms with Crippen molar-refractivity contribution in [1.82, 2.24) is 5.32 Å². The number of nitrogens with two attached hydrogens (primary N) is 1. The van der Waals surface area contributed by atoms with Gasteiger partial charge in [-0.05, 0) is 49.4 Å². The number of methoxy groups -OCH3 is 2. The molecule has 0 heterocycles. The average molecular weight is 277 g/mol. The molecule has 20 heavy (non-hydrogen) atoms. The molecule has 1 aliphatic rings. The lowest BCUT2D eigenvalue weighted by molar-refractivity contribution is 0.398. The topological polar surface area (TPSA) is 68.9 Å². The van der Waals surface area contributed by atoms with E-state index in [1.54, 1.807) is 14.2 Å². The minimum absolute atomic E-state index is 0.553. The molecule has 0 aliphatic heterocycles. The summed E-state index contributed by atoms with van der Waals surface area (Å²) in [5.74, 6) is 2.29. The molecule has 0 aromatic heterocycles. The average Bonchev–Trinajstić information content (AvgIpc) is 3.27. The summed E-state index contributed by atoms with van der Waals surface area (Å²) in [6.07, 6.45) is 4.23. The first-order valence-electron chi connectivity index (χ1n) is 7.00. The van der Waals surface area contributed by atoms with E-state index < -0.39 is 0 Å². The number of hydrogen-bond donors (Lipinski definition) is 2. The molecule has 3 N–H and O–H groups in total. The van der Waals surface area contributed by atoms with E-state index in [4.69, 9.17) is 15.2 Å². The van der Waals surface area contributed by atoms with Gasteiger partial charge in [0, 0.05) is 12.6 Å². The van der Waals surface area contributed by atoms with Crippen LogP contribution < -0.4 is 20.5 Å². The summed E-state index contributed by atoms with van der Waals surface area (Å²) in [7, 11) is 3.35. The van der Waals surface area contributed by atoms with E-state index in [0.717, 1.165) is 29.9 Å². The Hall–Kier alpha value is -1.91. The van der Waals surface area contributed by atoms with E-state index in [9.17, 15) is 0 Å². The predicted octanol–water partition coefficient (Wildman–Crippen LogP) is 1.70. The molecule has 0 amide bonds. The van der Waals surface area contributed by atoms with Gasteiger partial charge in [0.05, 0.1) is 14.2 Å². The van der Waals surface area contributed by atoms with Crippen LogP contribution in [0.15, 0.2) is 23.2 Å². The van der Waals surface area contributed by atoms with E-state index in [1.807, 2.05) is 18.2 Å². The number of hydrogen-bond acceptors (Lipinski definition) is 3. The second-order valence-electron chi connectivity index (χ2n) is 4.97. The van der Waals surface area contributed by atoms with Gasteiger partial charge in [-0.15, -0.1) is 0 Å². The van der Waals surface area contributed by atoms with Crippen molar-refractivity contribution in [1.29, 1.82) is 0 Å². The highest BCUT2D eigenvalue weighted by Gasteiger charge is 2.21. The third-order valence-corrected chi connectivity index (χ3v) is 3.30. The van der Waals surface area contributed by atoms with Gasteiger partial charge in [-0.1, -0.05) is 0 Å². The van der Waals surface area contributed by atoms with Gasteiger partial charge >= 0.3 is 0 Å². The van der Waals surface area contributed by atoms with Gasteiger partial charge in [-0.25, -0.2) is 0 Å². The normalized spacial score (nSPS) is 15.0. The van der Waals surface area contributed by atoms with Crippen LogP contribution in [0.1, 0.15) is 24.8 Å². The Morgan fingerprint density at radius 2 is 2.15 bits per heavy atom. The quantitative estimate of drug-likeness (QED) is 0.452. The second-order valence-corrected chi connectivity index (χ2v) is 4.97. The number of benzene rings is 1. The fourth-order valence-electron chi connectivity index (χ4n) is 2.03. The molecule has 2 rings (SSSR count). The van der Waals surface area contributed by atoms with E-state index in [2.05, 4.69) is 10.3 Å². The Balaban J connectivity index is 1.83. The zero-order valence-electron chi connectivity index (χ0n) is 12.2. The Kier molecular flexibility index (Phi) is 5.09. The lowest BCUT2D eigenvalue weighted by Crippen LogP contribution is -2.33. The maximum Gasteiger partial charge on any atom is 0.188 e. The lowest BCUT2D eigenvalue weighted by Gasteiger charge is -2.10. The molecule has 1 aliphatic carbocycles. The highest BCUT2D eigenvalue weighted by molar-refractivity contribution is 5.78. The highest BCUT2D eigenvalue weighted by Crippen LogP contribution is 2.25. The summed E-state index contributed by atoms with van der Waals surface area (Å²) in [5.41, 5.74) is 6.92. The minimum Gasteiger partial charge on any atom is -0.497 e. The number of guanidine groups is 1. The Labute approximate surface area is 120 Å². The lowest BCUT2D eigenvalue weighted by atomic mass is 10.1. The Morgan fingerprint density at radius 3 is 2.80 bits per heavy atom. The maximum atomic E-state index is 5.79. The summed E-state index contributed by atoms with van der Waals surface area (Å²) >= 11 is 0. The molecule has 0 saturated heterocycles. The van der Waals surface area contributed by atoms with Crippen LogP contribution in [0.2, 0.25) is 0 Å². The molecule has 1 aromatic carbocycles. The zero-order chi connectivity index (χ0) is 14.4. The van der Waals surface area contributed by atoms with Crippen molar-refractivity contribution in [3.63, 3.8) is 0 Å². The van der Waals surface area contributed by atoms with Crippen molar-refractivity contribution in [3.8, 4) is 11.5 Å². The second kappa shape index (κ2) is 7.03. The largest absolute Gasteiger partial charge is 0.497 e. The number of aliphatic imine (C=N–C) groups is 1. The van der Waals surface area contributed by atoms with Crippen LogP contribution in [0.4, 0.5) is 0 Å². The van der Waals surface area contributed by atoms with Crippen molar-refractivity contribution < 1.29 is 9.47 Å². The van der Waals surface area contributed by atoms with Gasteiger partial charge in [0.15, 0.2) is 5.96 Å². The molecule has 5 nitrogen and oxygen atoms in total. The fourth-order valence-corrected chi connectivity index (χ4v) is 2.03. The van der Waals surface area contributed by atoms with Crippen LogP contribution in [0, 0.1) is 0 Å². The summed E-state index contributed by atoms with van der Waals surface area (Å²) in [5, 5.41) is 3.18. The molecule has 5 heteroatoms. The summed E-state index contributed by atoms with van der Waals surface area (Å²) in [4.78, 5) is 4.33. The van der Waals surface area contributed by atoms with E-state index in [1.165, 1.54) is 12.8 Å². The van der Waals surface area contributed by atoms with Crippen molar-refractivity contribution in [2.45, 2.75) is 31.7 Å². The number of aryl methyl sites for hydroxylation is 1. The predicted molar refractivity (Wildman–Crippen MR) is 80.5 cm³/mol. The Morgan fingerprint density at radius 1 is 1.35 bits per heavy atom. The molecule has 1 aromatic rings. The molecular formula is C15H23N3O2. The standard InChI is InChI=1S/C15H23N3O2/c1-19-13-7-8-14(20-2)11(10-13)4-3-9-17-15(16)18-12-5-6-12/h7-8,10,12H,3-6,9H2,1-2H3,(H3,16,17,18). The van der Waals surface area contributed by atoms with Crippen LogP contribution in [0.3, 0.4) is 0 Å². The number of ether oxygens (including phenoxy) is 2. The first-order chi connectivity index (χ1) is 9.72. The molecule has 0 radical (unpaired) electrons. The molecule has 0 spiro atoms. The van der Waals surface area contributed by atoms with Crippen molar-refractivity contribution in [3.05, 3.63) is 23.8 Å². The number of rotatable bonds is 7. The van der Waals surface area contributed by atoms with Gasteiger partial charge in [0.25, 0.3) is 0 Å². The fraction of sp³-hybridized carbons (Fsp3) is 0.533. The third-order valence-electron chi connectivity index (χ3n) is 3.30. The van der Waals surface area contributed by atoms with E-state index >= 15 is 0 Å². The van der Waals surface area contributed by atoms with Gasteiger partial charge < -0.3 is 20.5 Å². The summed E-state index contributed by atoms with van der Waals surface area (Å²) in [6.45, 7) is 0.714.